The van der Waals surface area contributed by atoms with Crippen molar-refractivity contribution in [2.24, 2.45) is 7.05 Å². The predicted octanol–water partition coefficient (Wildman–Crippen LogP) is 2.75. The van der Waals surface area contributed by atoms with E-state index in [4.69, 9.17) is 21.1 Å². The van der Waals surface area contributed by atoms with Crippen molar-refractivity contribution in [3.63, 3.8) is 0 Å². The number of hydrogen-bond acceptors (Lipinski definition) is 4. The lowest BCUT2D eigenvalue weighted by atomic mass is 10.1. The molecular formula is C19H24ClN3O3. The van der Waals surface area contributed by atoms with E-state index in [9.17, 15) is 4.79 Å². The van der Waals surface area contributed by atoms with Crippen LogP contribution in [0.3, 0.4) is 0 Å². The van der Waals surface area contributed by atoms with Crippen molar-refractivity contribution >= 4 is 17.5 Å². The molecule has 6 nitrogen and oxygen atoms in total. The average Bonchev–Trinajstić information content (AvgIpc) is 2.77. The number of nitrogens with zero attached hydrogens (tertiary/aromatic N) is 2. The van der Waals surface area contributed by atoms with Crippen LogP contribution in [0, 0.1) is 13.8 Å². The fourth-order valence-corrected chi connectivity index (χ4v) is 3.43. The molecule has 0 aliphatic carbocycles. The van der Waals surface area contributed by atoms with E-state index in [1.54, 1.807) is 6.07 Å². The number of carbonyl (C=O) groups is 1. The van der Waals surface area contributed by atoms with Gasteiger partial charge in [-0.25, -0.2) is 0 Å². The van der Waals surface area contributed by atoms with Crippen LogP contribution in [0.2, 0.25) is 5.02 Å². The molecule has 0 unspecified atom stereocenters. The van der Waals surface area contributed by atoms with Gasteiger partial charge in [0, 0.05) is 25.7 Å². The first kappa shape index (κ1) is 18.6. The van der Waals surface area contributed by atoms with Gasteiger partial charge in [0.1, 0.15) is 0 Å². The van der Waals surface area contributed by atoms with Gasteiger partial charge in [-0.1, -0.05) is 11.6 Å². The number of fused-ring (bicyclic) bond motifs is 1. The highest BCUT2D eigenvalue weighted by Gasteiger charge is 2.17. The Labute approximate surface area is 158 Å². The molecule has 0 atom stereocenters. The molecule has 7 heteroatoms. The van der Waals surface area contributed by atoms with Crippen molar-refractivity contribution in [2.45, 2.75) is 33.1 Å². The number of aryl methyl sites for hydroxylation is 2. The minimum atomic E-state index is -0.0465. The normalized spacial score (nSPS) is 13.4. The number of hydrogen-bond donors (Lipinski definition) is 1. The van der Waals surface area contributed by atoms with E-state index in [2.05, 4.69) is 10.4 Å². The summed E-state index contributed by atoms with van der Waals surface area (Å²) < 4.78 is 13.1. The van der Waals surface area contributed by atoms with Crippen LogP contribution in [-0.2, 0) is 24.7 Å². The Balaban J connectivity index is 1.58. The molecule has 26 heavy (non-hydrogen) atoms. The lowest BCUT2D eigenvalue weighted by molar-refractivity contribution is -0.120. The molecule has 1 aliphatic rings. The summed E-state index contributed by atoms with van der Waals surface area (Å²) in [5.41, 5.74) is 4.14. The number of ether oxygens (including phenoxy) is 2. The molecule has 0 saturated carbocycles. The van der Waals surface area contributed by atoms with Crippen LogP contribution >= 0.6 is 11.6 Å². The second-order valence-corrected chi connectivity index (χ2v) is 6.91. The average molecular weight is 378 g/mol. The van der Waals surface area contributed by atoms with Gasteiger partial charge in [-0.05, 0) is 43.5 Å². The summed E-state index contributed by atoms with van der Waals surface area (Å²) >= 11 is 6.28. The highest BCUT2D eigenvalue weighted by molar-refractivity contribution is 6.32. The van der Waals surface area contributed by atoms with Gasteiger partial charge in [-0.3, -0.25) is 9.48 Å². The molecule has 1 aromatic heterocycles. The van der Waals surface area contributed by atoms with E-state index in [0.717, 1.165) is 29.8 Å². The third kappa shape index (κ3) is 4.12. The van der Waals surface area contributed by atoms with Crippen LogP contribution in [0.25, 0.3) is 0 Å². The summed E-state index contributed by atoms with van der Waals surface area (Å²) in [5, 5.41) is 7.84. The van der Waals surface area contributed by atoms with Gasteiger partial charge >= 0.3 is 0 Å². The molecule has 0 bridgehead atoms. The Morgan fingerprint density at radius 3 is 2.81 bits per heavy atom. The Kier molecular flexibility index (Phi) is 5.71. The monoisotopic (exact) mass is 377 g/mol. The molecule has 3 rings (SSSR count). The summed E-state index contributed by atoms with van der Waals surface area (Å²) in [5.74, 6) is 1.13. The lowest BCUT2D eigenvalue weighted by Crippen LogP contribution is -2.27. The van der Waals surface area contributed by atoms with Crippen LogP contribution in [0.5, 0.6) is 11.5 Å². The van der Waals surface area contributed by atoms with Crippen molar-refractivity contribution in [1.29, 1.82) is 0 Å². The number of rotatable bonds is 5. The summed E-state index contributed by atoms with van der Waals surface area (Å²) in [4.78, 5) is 12.3. The van der Waals surface area contributed by atoms with Crippen LogP contribution in [0.1, 0.15) is 28.9 Å². The Morgan fingerprint density at radius 2 is 2.08 bits per heavy atom. The third-order valence-electron chi connectivity index (χ3n) is 4.58. The highest BCUT2D eigenvalue weighted by atomic mass is 35.5. The third-order valence-corrected chi connectivity index (χ3v) is 4.86. The fourth-order valence-electron chi connectivity index (χ4n) is 3.14. The minimum absolute atomic E-state index is 0.0465. The summed E-state index contributed by atoms with van der Waals surface area (Å²) in [6.07, 6.45) is 1.83. The zero-order valence-corrected chi connectivity index (χ0v) is 16.2. The second kappa shape index (κ2) is 7.99. The van der Waals surface area contributed by atoms with E-state index < -0.39 is 0 Å². The number of amides is 1. The molecule has 2 aromatic rings. The van der Waals surface area contributed by atoms with Gasteiger partial charge in [0.05, 0.1) is 30.4 Å². The SMILES string of the molecule is Cc1nn(C)c(C)c1CCNC(=O)Cc1cc(Cl)c2c(c1)OCCCO2. The van der Waals surface area contributed by atoms with Crippen LogP contribution < -0.4 is 14.8 Å². The van der Waals surface area contributed by atoms with E-state index >= 15 is 0 Å². The molecule has 0 spiro atoms. The molecular weight excluding hydrogens is 354 g/mol. The molecule has 0 fully saturated rings. The summed E-state index contributed by atoms with van der Waals surface area (Å²) in [7, 11) is 1.93. The Morgan fingerprint density at radius 1 is 1.31 bits per heavy atom. The molecule has 1 amide bonds. The van der Waals surface area contributed by atoms with Gasteiger partial charge < -0.3 is 14.8 Å². The minimum Gasteiger partial charge on any atom is -0.489 e. The van der Waals surface area contributed by atoms with Crippen LogP contribution in [-0.4, -0.2) is 35.4 Å². The van der Waals surface area contributed by atoms with Crippen molar-refractivity contribution in [2.75, 3.05) is 19.8 Å². The number of aromatic nitrogens is 2. The number of nitrogens with one attached hydrogen (secondary N) is 1. The first-order chi connectivity index (χ1) is 12.5. The molecule has 1 aromatic carbocycles. The van der Waals surface area contributed by atoms with E-state index in [-0.39, 0.29) is 12.3 Å². The number of halogens is 1. The van der Waals surface area contributed by atoms with Gasteiger partial charge in [-0.15, -0.1) is 0 Å². The fraction of sp³-hybridized carbons (Fsp3) is 0.474. The zero-order chi connectivity index (χ0) is 18.7. The lowest BCUT2D eigenvalue weighted by Gasteiger charge is -2.12. The molecule has 1 N–H and O–H groups in total. The van der Waals surface area contributed by atoms with Crippen molar-refractivity contribution in [3.05, 3.63) is 39.7 Å². The predicted molar refractivity (Wildman–Crippen MR) is 100 cm³/mol. The van der Waals surface area contributed by atoms with E-state index in [1.165, 1.54) is 5.56 Å². The first-order valence-electron chi connectivity index (χ1n) is 8.79. The smallest absolute Gasteiger partial charge is 0.224 e. The number of benzene rings is 1. The Bertz CT molecular complexity index is 817. The maximum absolute atomic E-state index is 12.3. The molecule has 0 radical (unpaired) electrons. The number of carbonyl (C=O) groups excluding carboxylic acids is 1. The van der Waals surface area contributed by atoms with Crippen molar-refractivity contribution < 1.29 is 14.3 Å². The molecule has 140 valence electrons. The standard InChI is InChI=1S/C19H24ClN3O3/c1-12-15(13(2)23(3)22-12)5-6-21-18(24)11-14-9-16(20)19-17(10-14)25-7-4-8-26-19/h9-10H,4-8,11H2,1-3H3,(H,21,24). The van der Waals surface area contributed by atoms with Gasteiger partial charge in [-0.2, -0.15) is 5.10 Å². The molecule has 1 aliphatic heterocycles. The molecule has 0 saturated heterocycles. The van der Waals surface area contributed by atoms with E-state index in [1.807, 2.05) is 31.6 Å². The maximum atomic E-state index is 12.3. The largest absolute Gasteiger partial charge is 0.489 e. The van der Waals surface area contributed by atoms with Crippen molar-refractivity contribution in [1.82, 2.24) is 15.1 Å². The van der Waals surface area contributed by atoms with Gasteiger partial charge in [0.25, 0.3) is 0 Å². The van der Waals surface area contributed by atoms with E-state index in [0.29, 0.717) is 36.3 Å². The molecule has 2 heterocycles. The quantitative estimate of drug-likeness (QED) is 0.870. The Hall–Kier alpha value is -2.21. The van der Waals surface area contributed by atoms with Gasteiger partial charge in [0.2, 0.25) is 5.91 Å². The zero-order valence-electron chi connectivity index (χ0n) is 15.4. The van der Waals surface area contributed by atoms with Gasteiger partial charge in [0.15, 0.2) is 11.5 Å². The summed E-state index contributed by atoms with van der Waals surface area (Å²) in [6.45, 7) is 5.77. The highest BCUT2D eigenvalue weighted by Crippen LogP contribution is 2.38. The maximum Gasteiger partial charge on any atom is 0.224 e. The van der Waals surface area contributed by atoms with Crippen LogP contribution in [0.15, 0.2) is 12.1 Å². The van der Waals surface area contributed by atoms with Crippen LogP contribution in [0.4, 0.5) is 0 Å². The first-order valence-corrected chi connectivity index (χ1v) is 9.17. The topological polar surface area (TPSA) is 65.4 Å². The van der Waals surface area contributed by atoms with Crippen molar-refractivity contribution in [3.8, 4) is 11.5 Å². The summed E-state index contributed by atoms with van der Waals surface area (Å²) in [6, 6.07) is 3.60. The second-order valence-electron chi connectivity index (χ2n) is 6.51.